The van der Waals surface area contributed by atoms with E-state index in [1.54, 1.807) is 0 Å². The lowest BCUT2D eigenvalue weighted by molar-refractivity contribution is -0.430. The summed E-state index contributed by atoms with van der Waals surface area (Å²) in [6.07, 6.45) is 1.18. The summed E-state index contributed by atoms with van der Waals surface area (Å²) in [6.45, 7) is 5.09. The largest absolute Gasteiger partial charge is 0.274 e. The fourth-order valence-electron chi connectivity index (χ4n) is 2.77. The van der Waals surface area contributed by atoms with Gasteiger partial charge < -0.3 is 0 Å². The van der Waals surface area contributed by atoms with Gasteiger partial charge >= 0.3 is 0 Å². The summed E-state index contributed by atoms with van der Waals surface area (Å²) in [5, 5.41) is 1.49. The van der Waals surface area contributed by atoms with Crippen LogP contribution in [0.2, 0.25) is 0 Å². The summed E-state index contributed by atoms with van der Waals surface area (Å²) in [4.78, 5) is 11.3. The second-order valence-corrected chi connectivity index (χ2v) is 5.23. The van der Waals surface area contributed by atoms with E-state index in [2.05, 4.69) is 32.0 Å². The number of rotatable bonds is 0. The van der Waals surface area contributed by atoms with Gasteiger partial charge in [0.1, 0.15) is 6.10 Å². The Hall–Kier alpha value is -0.900. The molecule has 0 amide bonds. The molecule has 0 spiro atoms. The van der Waals surface area contributed by atoms with E-state index in [1.165, 1.54) is 21.9 Å². The van der Waals surface area contributed by atoms with Crippen molar-refractivity contribution in [1.29, 1.82) is 0 Å². The standard InChI is InChI=1S/C13H17NO2/c1-9-4-5-11-10(6-9)7-13(2)8-15-14(3)16-12(11)13/h4-6,12H,7-8H2,1-3H3/t12-,13-/m1/s1. The van der Waals surface area contributed by atoms with Gasteiger partial charge in [0.25, 0.3) is 0 Å². The molecule has 1 aliphatic heterocycles. The van der Waals surface area contributed by atoms with Crippen LogP contribution in [0.3, 0.4) is 0 Å². The van der Waals surface area contributed by atoms with Crippen LogP contribution in [0.4, 0.5) is 0 Å². The van der Waals surface area contributed by atoms with Crippen LogP contribution in [0.1, 0.15) is 29.7 Å². The average molecular weight is 219 g/mol. The highest BCUT2D eigenvalue weighted by atomic mass is 17.0. The van der Waals surface area contributed by atoms with Crippen LogP contribution >= 0.6 is 0 Å². The fraction of sp³-hybridized carbons (Fsp3) is 0.538. The van der Waals surface area contributed by atoms with E-state index in [1.807, 2.05) is 7.05 Å². The molecule has 1 fully saturated rings. The van der Waals surface area contributed by atoms with Gasteiger partial charge in [-0.15, -0.1) is 0 Å². The Morgan fingerprint density at radius 1 is 1.44 bits per heavy atom. The highest BCUT2D eigenvalue weighted by Crippen LogP contribution is 2.50. The molecule has 16 heavy (non-hydrogen) atoms. The summed E-state index contributed by atoms with van der Waals surface area (Å²) in [5.74, 6) is 0. The summed E-state index contributed by atoms with van der Waals surface area (Å²) in [7, 11) is 1.81. The van der Waals surface area contributed by atoms with Gasteiger partial charge in [0.05, 0.1) is 6.61 Å². The van der Waals surface area contributed by atoms with E-state index in [-0.39, 0.29) is 11.5 Å². The lowest BCUT2D eigenvalue weighted by atomic mass is 9.85. The van der Waals surface area contributed by atoms with E-state index in [0.717, 1.165) is 13.0 Å². The van der Waals surface area contributed by atoms with Crippen molar-refractivity contribution in [1.82, 2.24) is 5.23 Å². The third-order valence-corrected chi connectivity index (χ3v) is 3.64. The summed E-state index contributed by atoms with van der Waals surface area (Å²) in [5.41, 5.74) is 4.13. The second kappa shape index (κ2) is 3.29. The fourth-order valence-corrected chi connectivity index (χ4v) is 2.77. The maximum absolute atomic E-state index is 5.79. The molecule has 3 rings (SSSR count). The van der Waals surface area contributed by atoms with Gasteiger partial charge in [0.2, 0.25) is 0 Å². The first-order valence-corrected chi connectivity index (χ1v) is 5.71. The van der Waals surface area contributed by atoms with Crippen molar-refractivity contribution in [2.45, 2.75) is 26.4 Å². The van der Waals surface area contributed by atoms with Crippen molar-refractivity contribution in [3.8, 4) is 0 Å². The molecule has 0 bridgehead atoms. The van der Waals surface area contributed by atoms with Crippen LogP contribution in [0, 0.1) is 12.3 Å². The van der Waals surface area contributed by atoms with Gasteiger partial charge in [-0.05, 0) is 24.5 Å². The molecule has 0 saturated carbocycles. The molecule has 1 aliphatic carbocycles. The quantitative estimate of drug-likeness (QED) is 0.669. The van der Waals surface area contributed by atoms with Crippen LogP contribution in [0.5, 0.6) is 0 Å². The van der Waals surface area contributed by atoms with Crippen molar-refractivity contribution in [2.24, 2.45) is 5.41 Å². The zero-order chi connectivity index (χ0) is 11.3. The molecule has 1 aromatic carbocycles. The van der Waals surface area contributed by atoms with E-state index >= 15 is 0 Å². The van der Waals surface area contributed by atoms with Gasteiger partial charge in [0.15, 0.2) is 0 Å². The molecule has 2 aliphatic rings. The van der Waals surface area contributed by atoms with Crippen LogP contribution in [0.15, 0.2) is 18.2 Å². The van der Waals surface area contributed by atoms with Crippen LogP contribution in [0.25, 0.3) is 0 Å². The van der Waals surface area contributed by atoms with Gasteiger partial charge in [-0.3, -0.25) is 9.68 Å². The maximum Gasteiger partial charge on any atom is 0.115 e. The Balaban J connectivity index is 2.04. The maximum atomic E-state index is 5.79. The van der Waals surface area contributed by atoms with Gasteiger partial charge in [-0.1, -0.05) is 35.9 Å². The number of fused-ring (bicyclic) bond motifs is 3. The monoisotopic (exact) mass is 219 g/mol. The molecule has 0 N–H and O–H groups in total. The summed E-state index contributed by atoms with van der Waals surface area (Å²) < 4.78 is 0. The van der Waals surface area contributed by atoms with E-state index in [9.17, 15) is 0 Å². The number of hydrogen-bond acceptors (Lipinski definition) is 3. The minimum Gasteiger partial charge on any atom is -0.274 e. The Bertz CT molecular complexity index is 432. The lowest BCUT2D eigenvalue weighted by Gasteiger charge is -2.39. The van der Waals surface area contributed by atoms with Crippen molar-refractivity contribution in [2.75, 3.05) is 13.7 Å². The SMILES string of the molecule is Cc1ccc2c(c1)C[C@]1(C)CON(C)O[C@H]21. The molecule has 0 unspecified atom stereocenters. The number of aryl methyl sites for hydroxylation is 1. The first-order valence-electron chi connectivity index (χ1n) is 5.71. The van der Waals surface area contributed by atoms with Gasteiger partial charge in [-0.2, -0.15) is 0 Å². The van der Waals surface area contributed by atoms with Crippen molar-refractivity contribution in [3.63, 3.8) is 0 Å². The highest BCUT2D eigenvalue weighted by Gasteiger charge is 2.47. The number of hydrogen-bond donors (Lipinski definition) is 0. The second-order valence-electron chi connectivity index (χ2n) is 5.23. The number of benzene rings is 1. The topological polar surface area (TPSA) is 21.7 Å². The minimum absolute atomic E-state index is 0.0859. The highest BCUT2D eigenvalue weighted by molar-refractivity contribution is 5.39. The first-order chi connectivity index (χ1) is 7.58. The Labute approximate surface area is 95.9 Å². The smallest absolute Gasteiger partial charge is 0.115 e. The molecule has 1 heterocycles. The predicted molar refractivity (Wildman–Crippen MR) is 60.5 cm³/mol. The summed E-state index contributed by atoms with van der Waals surface area (Å²) >= 11 is 0. The van der Waals surface area contributed by atoms with E-state index < -0.39 is 0 Å². The third kappa shape index (κ3) is 1.39. The molecule has 1 aromatic rings. The van der Waals surface area contributed by atoms with Crippen LogP contribution in [-0.4, -0.2) is 18.9 Å². The number of nitrogens with zero attached hydrogens (tertiary/aromatic N) is 1. The molecule has 3 heteroatoms. The van der Waals surface area contributed by atoms with Crippen LogP contribution in [-0.2, 0) is 16.1 Å². The normalized spacial score (nSPS) is 33.6. The molecule has 1 saturated heterocycles. The number of hydroxylamine groups is 2. The Morgan fingerprint density at radius 3 is 3.06 bits per heavy atom. The Morgan fingerprint density at radius 2 is 2.25 bits per heavy atom. The molecule has 2 atom stereocenters. The van der Waals surface area contributed by atoms with Gasteiger partial charge in [0, 0.05) is 12.5 Å². The zero-order valence-corrected chi connectivity index (χ0v) is 9.99. The van der Waals surface area contributed by atoms with Gasteiger partial charge in [-0.25, -0.2) is 0 Å². The average Bonchev–Trinajstić information content (AvgIpc) is 2.50. The van der Waals surface area contributed by atoms with Crippen molar-refractivity contribution in [3.05, 3.63) is 34.9 Å². The van der Waals surface area contributed by atoms with Crippen molar-refractivity contribution < 1.29 is 9.68 Å². The molecule has 86 valence electrons. The molecule has 0 aromatic heterocycles. The lowest BCUT2D eigenvalue weighted by Crippen LogP contribution is -2.41. The molecule has 0 radical (unpaired) electrons. The first kappa shape index (κ1) is 10.3. The Kier molecular flexibility index (Phi) is 2.11. The zero-order valence-electron chi connectivity index (χ0n) is 9.99. The predicted octanol–water partition coefficient (Wildman–Crippen LogP) is 2.41. The van der Waals surface area contributed by atoms with Crippen LogP contribution < -0.4 is 0 Å². The van der Waals surface area contributed by atoms with E-state index in [4.69, 9.17) is 9.68 Å². The minimum atomic E-state index is 0.0859. The molecule has 3 nitrogen and oxygen atoms in total. The molecular weight excluding hydrogens is 202 g/mol. The molecular formula is C13H17NO2. The summed E-state index contributed by atoms with van der Waals surface area (Å²) in [6, 6.07) is 6.62. The van der Waals surface area contributed by atoms with E-state index in [0.29, 0.717) is 0 Å². The van der Waals surface area contributed by atoms with Crippen molar-refractivity contribution >= 4 is 0 Å². The third-order valence-electron chi connectivity index (χ3n) is 3.64.